The minimum Gasteiger partial charge on any atom is -0.382 e. The van der Waals surface area contributed by atoms with Crippen molar-refractivity contribution in [3.8, 4) is 11.3 Å². The highest BCUT2D eigenvalue weighted by Gasteiger charge is 2.24. The van der Waals surface area contributed by atoms with Crippen LogP contribution >= 0.6 is 0 Å². The molecule has 5 rings (SSSR count). The van der Waals surface area contributed by atoms with Gasteiger partial charge in [-0.15, -0.1) is 0 Å². The SMILES string of the molecule is Cc1ccnc(NC(=O)c2ccc(-c3nc(C4CCCN4)n4ccnc(N)c34)cc2)c1. The van der Waals surface area contributed by atoms with Gasteiger partial charge in [-0.1, -0.05) is 12.1 Å². The number of fused-ring (bicyclic) bond motifs is 1. The topological polar surface area (TPSA) is 110 Å². The Kier molecular flexibility index (Phi) is 4.83. The van der Waals surface area contributed by atoms with E-state index in [1.54, 1.807) is 24.5 Å². The monoisotopic (exact) mass is 413 g/mol. The molecule has 1 amide bonds. The lowest BCUT2D eigenvalue weighted by atomic mass is 10.1. The third-order valence-electron chi connectivity index (χ3n) is 5.56. The van der Waals surface area contributed by atoms with Crippen LogP contribution in [0.1, 0.15) is 40.6 Å². The molecule has 0 saturated carbocycles. The van der Waals surface area contributed by atoms with Crippen molar-refractivity contribution in [2.75, 3.05) is 17.6 Å². The van der Waals surface area contributed by atoms with Crippen LogP contribution in [0.25, 0.3) is 16.8 Å². The van der Waals surface area contributed by atoms with E-state index in [1.807, 2.05) is 41.8 Å². The van der Waals surface area contributed by atoms with Crippen molar-refractivity contribution in [3.63, 3.8) is 0 Å². The molecule has 1 aliphatic rings. The van der Waals surface area contributed by atoms with Gasteiger partial charge in [0.05, 0.1) is 6.04 Å². The van der Waals surface area contributed by atoms with Crippen LogP contribution in [0.2, 0.25) is 0 Å². The van der Waals surface area contributed by atoms with Gasteiger partial charge in [0, 0.05) is 29.7 Å². The average molecular weight is 413 g/mol. The Hall–Kier alpha value is -3.78. The molecule has 1 aromatic carbocycles. The van der Waals surface area contributed by atoms with E-state index in [0.29, 0.717) is 17.2 Å². The molecule has 4 heterocycles. The molecule has 1 aliphatic heterocycles. The number of benzene rings is 1. The van der Waals surface area contributed by atoms with E-state index in [2.05, 4.69) is 20.6 Å². The number of nitrogen functional groups attached to an aromatic ring is 1. The summed E-state index contributed by atoms with van der Waals surface area (Å²) < 4.78 is 2.02. The van der Waals surface area contributed by atoms with Gasteiger partial charge in [0.2, 0.25) is 0 Å². The third kappa shape index (κ3) is 3.62. The lowest BCUT2D eigenvalue weighted by Gasteiger charge is -2.08. The Morgan fingerprint density at radius 2 is 2.03 bits per heavy atom. The molecular formula is C23H23N7O. The highest BCUT2D eigenvalue weighted by Crippen LogP contribution is 2.32. The molecule has 3 aromatic heterocycles. The Labute approximate surface area is 179 Å². The number of rotatable bonds is 4. The van der Waals surface area contributed by atoms with Gasteiger partial charge in [0.15, 0.2) is 0 Å². The van der Waals surface area contributed by atoms with Crippen LogP contribution in [-0.4, -0.2) is 31.8 Å². The number of carbonyl (C=O) groups is 1. The van der Waals surface area contributed by atoms with E-state index in [-0.39, 0.29) is 11.9 Å². The van der Waals surface area contributed by atoms with Crippen LogP contribution in [0.5, 0.6) is 0 Å². The van der Waals surface area contributed by atoms with Crippen molar-refractivity contribution < 1.29 is 4.79 Å². The Bertz CT molecular complexity index is 1260. The molecule has 1 fully saturated rings. The summed E-state index contributed by atoms with van der Waals surface area (Å²) in [7, 11) is 0. The maximum Gasteiger partial charge on any atom is 0.256 e. The van der Waals surface area contributed by atoms with Gasteiger partial charge in [0.1, 0.15) is 28.7 Å². The summed E-state index contributed by atoms with van der Waals surface area (Å²) in [4.78, 5) is 26.0. The quantitative estimate of drug-likeness (QED) is 0.473. The Morgan fingerprint density at radius 3 is 2.77 bits per heavy atom. The first-order chi connectivity index (χ1) is 15.1. The molecule has 0 aliphatic carbocycles. The summed E-state index contributed by atoms with van der Waals surface area (Å²) in [6.07, 6.45) is 7.42. The lowest BCUT2D eigenvalue weighted by Crippen LogP contribution is -2.16. The second-order valence-electron chi connectivity index (χ2n) is 7.75. The molecule has 156 valence electrons. The largest absolute Gasteiger partial charge is 0.382 e. The summed E-state index contributed by atoms with van der Waals surface area (Å²) in [6, 6.07) is 11.2. The van der Waals surface area contributed by atoms with Crippen LogP contribution < -0.4 is 16.4 Å². The van der Waals surface area contributed by atoms with Gasteiger partial charge in [-0.3, -0.25) is 9.20 Å². The van der Waals surface area contributed by atoms with Crippen molar-refractivity contribution in [2.24, 2.45) is 0 Å². The number of carbonyl (C=O) groups excluding carboxylic acids is 1. The summed E-state index contributed by atoms with van der Waals surface area (Å²) in [5, 5.41) is 6.33. The smallest absolute Gasteiger partial charge is 0.256 e. The first kappa shape index (κ1) is 19.2. The molecular weight excluding hydrogens is 390 g/mol. The average Bonchev–Trinajstić information content (AvgIpc) is 3.42. The molecule has 0 bridgehead atoms. The molecule has 1 unspecified atom stereocenters. The van der Waals surface area contributed by atoms with Crippen LogP contribution in [0.15, 0.2) is 55.0 Å². The molecule has 4 aromatic rings. The number of nitrogens with one attached hydrogen (secondary N) is 2. The number of aromatic nitrogens is 4. The predicted octanol–water partition coefficient (Wildman–Crippen LogP) is 3.36. The van der Waals surface area contributed by atoms with Gasteiger partial charge in [-0.2, -0.15) is 0 Å². The molecule has 1 atom stereocenters. The highest BCUT2D eigenvalue weighted by molar-refractivity contribution is 6.04. The van der Waals surface area contributed by atoms with Crippen molar-refractivity contribution in [2.45, 2.75) is 25.8 Å². The standard InChI is InChI=1S/C23H23N7O/c1-14-8-10-26-18(13-14)28-23(31)16-6-4-15(5-7-16)19-20-21(24)27-11-12-30(20)22(29-19)17-3-2-9-25-17/h4-8,10-13,17,25H,2-3,9H2,1H3,(H2,24,27)(H,26,28,31). The van der Waals surface area contributed by atoms with Crippen molar-refractivity contribution in [1.29, 1.82) is 0 Å². The third-order valence-corrected chi connectivity index (χ3v) is 5.56. The fourth-order valence-corrected chi connectivity index (χ4v) is 4.01. The number of anilines is 2. The number of nitrogens with zero attached hydrogens (tertiary/aromatic N) is 4. The second kappa shape index (κ2) is 7.81. The van der Waals surface area contributed by atoms with E-state index in [9.17, 15) is 4.79 Å². The summed E-state index contributed by atoms with van der Waals surface area (Å²) in [5.74, 6) is 1.68. The number of aryl methyl sites for hydroxylation is 1. The normalized spacial score (nSPS) is 16.0. The Balaban J connectivity index is 1.47. The number of nitrogens with two attached hydrogens (primary N) is 1. The summed E-state index contributed by atoms with van der Waals surface area (Å²) in [6.45, 7) is 2.94. The first-order valence-corrected chi connectivity index (χ1v) is 10.3. The molecule has 0 radical (unpaired) electrons. The summed E-state index contributed by atoms with van der Waals surface area (Å²) >= 11 is 0. The number of hydrogen-bond donors (Lipinski definition) is 3. The first-order valence-electron chi connectivity index (χ1n) is 10.3. The fourth-order valence-electron chi connectivity index (χ4n) is 4.01. The van der Waals surface area contributed by atoms with Crippen LogP contribution in [0, 0.1) is 6.92 Å². The molecule has 8 heteroatoms. The Morgan fingerprint density at radius 1 is 1.19 bits per heavy atom. The van der Waals surface area contributed by atoms with Crippen LogP contribution in [-0.2, 0) is 0 Å². The number of imidazole rings is 1. The lowest BCUT2D eigenvalue weighted by molar-refractivity contribution is 0.102. The van der Waals surface area contributed by atoms with Gasteiger partial charge in [-0.25, -0.2) is 15.0 Å². The fraction of sp³-hybridized carbons (Fsp3) is 0.217. The predicted molar refractivity (Wildman–Crippen MR) is 120 cm³/mol. The van der Waals surface area contributed by atoms with Crippen LogP contribution in [0.4, 0.5) is 11.6 Å². The number of amides is 1. The zero-order valence-electron chi connectivity index (χ0n) is 17.2. The van der Waals surface area contributed by atoms with Crippen molar-refractivity contribution in [1.82, 2.24) is 24.7 Å². The van der Waals surface area contributed by atoms with Gasteiger partial charge >= 0.3 is 0 Å². The maximum absolute atomic E-state index is 12.6. The van der Waals surface area contributed by atoms with E-state index < -0.39 is 0 Å². The van der Waals surface area contributed by atoms with E-state index in [0.717, 1.165) is 47.5 Å². The maximum atomic E-state index is 12.6. The zero-order chi connectivity index (χ0) is 21.4. The second-order valence-corrected chi connectivity index (χ2v) is 7.75. The van der Waals surface area contributed by atoms with Crippen LogP contribution in [0.3, 0.4) is 0 Å². The molecule has 8 nitrogen and oxygen atoms in total. The van der Waals surface area contributed by atoms with Crippen molar-refractivity contribution >= 4 is 23.1 Å². The van der Waals surface area contributed by atoms with Crippen molar-refractivity contribution in [3.05, 3.63) is 71.9 Å². The number of pyridine rings is 1. The van der Waals surface area contributed by atoms with Gasteiger partial charge in [-0.05, 0) is 56.1 Å². The minimum absolute atomic E-state index is 0.190. The molecule has 1 saturated heterocycles. The van der Waals surface area contributed by atoms with E-state index >= 15 is 0 Å². The van der Waals surface area contributed by atoms with E-state index in [1.165, 1.54) is 0 Å². The summed E-state index contributed by atoms with van der Waals surface area (Å²) in [5.41, 5.74) is 10.2. The van der Waals surface area contributed by atoms with Gasteiger partial charge in [0.25, 0.3) is 5.91 Å². The minimum atomic E-state index is -0.212. The molecule has 4 N–H and O–H groups in total. The molecule has 31 heavy (non-hydrogen) atoms. The number of hydrogen-bond acceptors (Lipinski definition) is 6. The molecule has 0 spiro atoms. The van der Waals surface area contributed by atoms with Gasteiger partial charge < -0.3 is 16.4 Å². The zero-order valence-corrected chi connectivity index (χ0v) is 17.2. The van der Waals surface area contributed by atoms with E-state index in [4.69, 9.17) is 10.7 Å². The highest BCUT2D eigenvalue weighted by atomic mass is 16.1.